The van der Waals surface area contributed by atoms with Crippen LogP contribution in [-0.2, 0) is 0 Å². The Morgan fingerprint density at radius 3 is 2.94 bits per heavy atom. The first-order chi connectivity index (χ1) is 8.08. The van der Waals surface area contributed by atoms with Crippen molar-refractivity contribution in [2.45, 2.75) is 18.9 Å². The molecule has 0 amide bonds. The number of hydrogen-bond donors (Lipinski definition) is 1. The Labute approximate surface area is 97.6 Å². The fourth-order valence-electron chi connectivity index (χ4n) is 2.08. The lowest BCUT2D eigenvalue weighted by Crippen LogP contribution is -2.38. The first-order valence-electron chi connectivity index (χ1n) is 5.45. The minimum absolute atomic E-state index is 0.251. The summed E-state index contributed by atoms with van der Waals surface area (Å²) in [5, 5.41) is 20.4. The average molecular weight is 240 g/mol. The van der Waals surface area contributed by atoms with E-state index in [-0.39, 0.29) is 5.69 Å². The molecule has 92 valence electrons. The maximum Gasteiger partial charge on any atom is 0.295 e. The van der Waals surface area contributed by atoms with Crippen LogP contribution in [0, 0.1) is 15.9 Å². The number of piperidine rings is 1. The fourth-order valence-corrected chi connectivity index (χ4v) is 2.08. The molecule has 1 heterocycles. The summed E-state index contributed by atoms with van der Waals surface area (Å²) >= 11 is 0. The van der Waals surface area contributed by atoms with E-state index in [0.29, 0.717) is 25.2 Å². The molecule has 1 aromatic rings. The first-order valence-corrected chi connectivity index (χ1v) is 5.45. The smallest absolute Gasteiger partial charge is 0.295 e. The maximum atomic E-state index is 13.0. The van der Waals surface area contributed by atoms with Crippen molar-refractivity contribution >= 4 is 11.4 Å². The number of anilines is 1. The lowest BCUT2D eigenvalue weighted by atomic mass is 10.1. The minimum Gasteiger partial charge on any atom is -0.391 e. The Morgan fingerprint density at radius 1 is 1.53 bits per heavy atom. The normalized spacial score (nSPS) is 20.4. The lowest BCUT2D eigenvalue weighted by molar-refractivity contribution is -0.384. The molecular formula is C11H13FN2O3. The number of nitrogens with zero attached hydrogens (tertiary/aromatic N) is 2. The number of halogens is 1. The topological polar surface area (TPSA) is 66.6 Å². The van der Waals surface area contributed by atoms with Crippen LogP contribution in [-0.4, -0.2) is 29.2 Å². The van der Waals surface area contributed by atoms with Gasteiger partial charge in [0.25, 0.3) is 5.69 Å². The highest BCUT2D eigenvalue weighted by molar-refractivity contribution is 5.63. The van der Waals surface area contributed by atoms with Crippen LogP contribution in [0.15, 0.2) is 18.2 Å². The molecule has 17 heavy (non-hydrogen) atoms. The van der Waals surface area contributed by atoms with E-state index in [1.165, 1.54) is 12.1 Å². The van der Waals surface area contributed by atoms with E-state index in [2.05, 4.69) is 0 Å². The monoisotopic (exact) mass is 240 g/mol. The number of rotatable bonds is 2. The molecule has 0 spiro atoms. The van der Waals surface area contributed by atoms with E-state index in [4.69, 9.17) is 0 Å². The van der Waals surface area contributed by atoms with Gasteiger partial charge < -0.3 is 10.0 Å². The average Bonchev–Trinajstić information content (AvgIpc) is 2.28. The van der Waals surface area contributed by atoms with E-state index in [0.717, 1.165) is 12.5 Å². The van der Waals surface area contributed by atoms with Crippen molar-refractivity contribution in [3.05, 3.63) is 34.1 Å². The quantitative estimate of drug-likeness (QED) is 0.631. The first kappa shape index (κ1) is 11.8. The van der Waals surface area contributed by atoms with Crippen LogP contribution in [0.5, 0.6) is 0 Å². The summed E-state index contributed by atoms with van der Waals surface area (Å²) in [7, 11) is 0. The summed E-state index contributed by atoms with van der Waals surface area (Å²) in [6.07, 6.45) is 0.995. The zero-order chi connectivity index (χ0) is 12.4. The summed E-state index contributed by atoms with van der Waals surface area (Å²) in [6.45, 7) is 0.996. The number of β-amino-alcohol motifs (C(OH)–C–C–N with tert-alkyl or cyclic N) is 1. The van der Waals surface area contributed by atoms with Crippen LogP contribution in [0.3, 0.4) is 0 Å². The molecule has 6 heteroatoms. The summed E-state index contributed by atoms with van der Waals surface area (Å²) in [5.41, 5.74) is 0.120. The van der Waals surface area contributed by atoms with Crippen molar-refractivity contribution in [3.63, 3.8) is 0 Å². The van der Waals surface area contributed by atoms with Crippen molar-refractivity contribution in [2.75, 3.05) is 18.0 Å². The van der Waals surface area contributed by atoms with Crippen LogP contribution in [0.2, 0.25) is 0 Å². The number of nitro groups is 1. The Kier molecular flexibility index (Phi) is 3.23. The van der Waals surface area contributed by atoms with Gasteiger partial charge in [-0.2, -0.15) is 0 Å². The molecule has 0 bridgehead atoms. The third-order valence-electron chi connectivity index (χ3n) is 2.87. The Balaban J connectivity index is 2.33. The van der Waals surface area contributed by atoms with Crippen LogP contribution >= 0.6 is 0 Å². The standard InChI is InChI=1S/C11H13FN2O3/c12-8-3-4-10(11(6-8)14(16)17)13-5-1-2-9(15)7-13/h3-4,6,9,15H,1-2,5,7H2. The molecule has 1 fully saturated rings. The third kappa shape index (κ3) is 2.52. The molecule has 1 aliphatic rings. The van der Waals surface area contributed by atoms with Gasteiger partial charge in [-0.1, -0.05) is 0 Å². The van der Waals surface area contributed by atoms with Crippen molar-refractivity contribution in [2.24, 2.45) is 0 Å². The third-order valence-corrected chi connectivity index (χ3v) is 2.87. The SMILES string of the molecule is O=[N+]([O-])c1cc(F)ccc1N1CCCC(O)C1. The number of aliphatic hydroxyl groups is 1. The van der Waals surface area contributed by atoms with Crippen LogP contribution < -0.4 is 4.90 Å². The van der Waals surface area contributed by atoms with E-state index in [9.17, 15) is 19.6 Å². The number of aliphatic hydroxyl groups excluding tert-OH is 1. The summed E-state index contributed by atoms with van der Waals surface area (Å²) in [6, 6.07) is 3.51. The molecule has 0 radical (unpaired) electrons. The highest BCUT2D eigenvalue weighted by Crippen LogP contribution is 2.30. The van der Waals surface area contributed by atoms with Gasteiger partial charge in [0.15, 0.2) is 0 Å². The number of hydrogen-bond acceptors (Lipinski definition) is 4. The van der Waals surface area contributed by atoms with Crippen LogP contribution in [0.1, 0.15) is 12.8 Å². The zero-order valence-electron chi connectivity index (χ0n) is 9.17. The summed E-state index contributed by atoms with van der Waals surface area (Å²) < 4.78 is 13.0. The Morgan fingerprint density at radius 2 is 2.29 bits per heavy atom. The number of nitro benzene ring substituents is 1. The van der Waals surface area contributed by atoms with Gasteiger partial charge in [-0.3, -0.25) is 10.1 Å². The summed E-state index contributed by atoms with van der Waals surface area (Å²) in [5.74, 6) is -0.627. The second kappa shape index (κ2) is 4.67. The van der Waals surface area contributed by atoms with Gasteiger partial charge in [0.2, 0.25) is 0 Å². The highest BCUT2D eigenvalue weighted by Gasteiger charge is 2.24. The molecular weight excluding hydrogens is 227 g/mol. The van der Waals surface area contributed by atoms with Crippen molar-refractivity contribution in [1.82, 2.24) is 0 Å². The van der Waals surface area contributed by atoms with E-state index < -0.39 is 16.8 Å². The second-order valence-electron chi connectivity index (χ2n) is 4.13. The maximum absolute atomic E-state index is 13.0. The van der Waals surface area contributed by atoms with Crippen LogP contribution in [0.4, 0.5) is 15.8 Å². The second-order valence-corrected chi connectivity index (χ2v) is 4.13. The van der Waals surface area contributed by atoms with Gasteiger partial charge in [0.05, 0.1) is 17.1 Å². The zero-order valence-corrected chi connectivity index (χ0v) is 9.17. The van der Waals surface area contributed by atoms with E-state index in [1.807, 2.05) is 0 Å². The predicted molar refractivity (Wildman–Crippen MR) is 60.5 cm³/mol. The van der Waals surface area contributed by atoms with Gasteiger partial charge in [0.1, 0.15) is 11.5 Å². The van der Waals surface area contributed by atoms with Crippen LogP contribution in [0.25, 0.3) is 0 Å². The predicted octanol–water partition coefficient (Wildman–Crippen LogP) is 1.69. The van der Waals surface area contributed by atoms with E-state index >= 15 is 0 Å². The fraction of sp³-hybridized carbons (Fsp3) is 0.455. The Bertz CT molecular complexity index is 439. The van der Waals surface area contributed by atoms with Gasteiger partial charge >= 0.3 is 0 Å². The number of benzene rings is 1. The van der Waals surface area contributed by atoms with Crippen molar-refractivity contribution < 1.29 is 14.4 Å². The molecule has 1 aliphatic heterocycles. The molecule has 1 unspecified atom stereocenters. The molecule has 1 aromatic carbocycles. The lowest BCUT2D eigenvalue weighted by Gasteiger charge is -2.31. The molecule has 1 atom stereocenters. The van der Waals surface area contributed by atoms with Gasteiger partial charge in [-0.15, -0.1) is 0 Å². The highest BCUT2D eigenvalue weighted by atomic mass is 19.1. The minimum atomic E-state index is -0.627. The summed E-state index contributed by atoms with van der Waals surface area (Å²) in [4.78, 5) is 12.0. The molecule has 5 nitrogen and oxygen atoms in total. The molecule has 0 aliphatic carbocycles. The van der Waals surface area contributed by atoms with Gasteiger partial charge in [-0.25, -0.2) is 4.39 Å². The van der Waals surface area contributed by atoms with Gasteiger partial charge in [-0.05, 0) is 25.0 Å². The van der Waals surface area contributed by atoms with Crippen molar-refractivity contribution in [3.8, 4) is 0 Å². The Hall–Kier alpha value is -1.69. The largest absolute Gasteiger partial charge is 0.391 e. The molecule has 0 aromatic heterocycles. The molecule has 1 N–H and O–H groups in total. The van der Waals surface area contributed by atoms with Crippen molar-refractivity contribution in [1.29, 1.82) is 0 Å². The van der Waals surface area contributed by atoms with Gasteiger partial charge in [0, 0.05) is 13.1 Å². The molecule has 0 saturated carbocycles. The molecule has 2 rings (SSSR count). The molecule has 1 saturated heterocycles. The van der Waals surface area contributed by atoms with E-state index in [1.54, 1.807) is 4.90 Å².